The van der Waals surface area contributed by atoms with E-state index in [4.69, 9.17) is 16.3 Å². The summed E-state index contributed by atoms with van der Waals surface area (Å²) in [6.45, 7) is 6.64. The van der Waals surface area contributed by atoms with Crippen molar-refractivity contribution in [1.29, 1.82) is 0 Å². The van der Waals surface area contributed by atoms with Gasteiger partial charge in [-0.3, -0.25) is 14.5 Å². The topological polar surface area (TPSA) is 96.8 Å². The van der Waals surface area contributed by atoms with Crippen LogP contribution in [-0.4, -0.2) is 34.4 Å². The van der Waals surface area contributed by atoms with Gasteiger partial charge in [0.1, 0.15) is 23.1 Å². The number of nitrogens with zero attached hydrogens (tertiary/aromatic N) is 2. The molecule has 1 atom stereocenters. The normalized spacial score (nSPS) is 16.9. The minimum absolute atomic E-state index is 0.00605. The molecule has 2 heterocycles. The number of anilines is 1. The number of hydrogen-bond acceptors (Lipinski definition) is 7. The van der Waals surface area contributed by atoms with Crippen LogP contribution in [0.2, 0.25) is 5.02 Å². The van der Waals surface area contributed by atoms with Crippen LogP contribution in [0.15, 0.2) is 60.7 Å². The van der Waals surface area contributed by atoms with Gasteiger partial charge in [0.2, 0.25) is 0 Å². The highest BCUT2D eigenvalue weighted by molar-refractivity contribution is 7.17. The Hall–Kier alpha value is -3.82. The molecule has 2 aromatic carbocycles. The van der Waals surface area contributed by atoms with Crippen LogP contribution >= 0.6 is 22.9 Å². The molecule has 0 aliphatic carbocycles. The summed E-state index contributed by atoms with van der Waals surface area (Å²) in [5.74, 6) is -3.69. The monoisotopic (exact) mass is 526 g/mol. The fourth-order valence-electron chi connectivity index (χ4n) is 3.76. The third-order valence-corrected chi connectivity index (χ3v) is 6.97. The van der Waals surface area contributed by atoms with E-state index in [1.807, 2.05) is 0 Å². The van der Waals surface area contributed by atoms with E-state index in [0.29, 0.717) is 21.8 Å². The zero-order chi connectivity index (χ0) is 26.1. The van der Waals surface area contributed by atoms with Gasteiger partial charge in [-0.1, -0.05) is 59.9 Å². The molecule has 1 aliphatic rings. The highest BCUT2D eigenvalue weighted by atomic mass is 35.5. The molecule has 0 bridgehead atoms. The smallest absolute Gasteiger partial charge is 0.350 e. The van der Waals surface area contributed by atoms with E-state index in [1.54, 1.807) is 38.1 Å². The second-order valence-electron chi connectivity index (χ2n) is 7.98. The number of thiazole rings is 1. The quantitative estimate of drug-likeness (QED) is 0.149. The average molecular weight is 527 g/mol. The van der Waals surface area contributed by atoms with E-state index < -0.39 is 35.3 Å². The Kier molecular flexibility index (Phi) is 7.05. The van der Waals surface area contributed by atoms with Crippen LogP contribution in [0.1, 0.15) is 38.1 Å². The van der Waals surface area contributed by atoms with Gasteiger partial charge in [-0.05, 0) is 43.2 Å². The van der Waals surface area contributed by atoms with Crippen molar-refractivity contribution in [3.8, 4) is 0 Å². The zero-order valence-corrected chi connectivity index (χ0v) is 20.8. The summed E-state index contributed by atoms with van der Waals surface area (Å²) in [6.07, 6.45) is 1.42. The molecule has 1 fully saturated rings. The van der Waals surface area contributed by atoms with E-state index >= 15 is 0 Å². The number of hydrogen-bond donors (Lipinski definition) is 1. The number of aryl methyl sites for hydroxylation is 2. The Morgan fingerprint density at radius 2 is 1.94 bits per heavy atom. The Morgan fingerprint density at radius 1 is 1.25 bits per heavy atom. The van der Waals surface area contributed by atoms with Crippen LogP contribution in [0.4, 0.5) is 9.52 Å². The van der Waals surface area contributed by atoms with Crippen LogP contribution in [0.5, 0.6) is 0 Å². The molecule has 1 N–H and O–H groups in total. The van der Waals surface area contributed by atoms with Crippen molar-refractivity contribution in [2.75, 3.05) is 11.5 Å². The first kappa shape index (κ1) is 25.3. The maximum absolute atomic E-state index is 14.2. The lowest BCUT2D eigenvalue weighted by Gasteiger charge is -2.23. The lowest BCUT2D eigenvalue weighted by Crippen LogP contribution is -2.29. The van der Waals surface area contributed by atoms with Crippen molar-refractivity contribution in [2.45, 2.75) is 19.9 Å². The number of Topliss-reactive ketones (excluding diaryl/α,β-unsaturated/α-hetero) is 1. The fourth-order valence-corrected chi connectivity index (χ4v) is 4.87. The Balaban J connectivity index is 1.89. The average Bonchev–Trinajstić information content (AvgIpc) is 3.36. The summed E-state index contributed by atoms with van der Waals surface area (Å²) in [5, 5.41) is 11.6. The number of amides is 1. The van der Waals surface area contributed by atoms with Gasteiger partial charge in [-0.2, -0.15) is 0 Å². The van der Waals surface area contributed by atoms with Crippen molar-refractivity contribution >= 4 is 51.5 Å². The van der Waals surface area contributed by atoms with Gasteiger partial charge < -0.3 is 9.84 Å². The zero-order valence-electron chi connectivity index (χ0n) is 19.2. The second kappa shape index (κ2) is 10.0. The second-order valence-corrected chi connectivity index (χ2v) is 9.40. The molecule has 1 saturated heterocycles. The molecule has 1 unspecified atom stereocenters. The molecule has 1 amide bonds. The summed E-state index contributed by atoms with van der Waals surface area (Å²) >= 11 is 6.92. The lowest BCUT2D eigenvalue weighted by molar-refractivity contribution is -0.132. The molecular formula is C26H20ClFN2O5S. The van der Waals surface area contributed by atoms with E-state index in [9.17, 15) is 23.9 Å². The molecule has 7 nitrogen and oxygen atoms in total. The lowest BCUT2D eigenvalue weighted by atomic mass is 9.95. The standard InChI is InChI=1S/C26H20ClFN2O5S/c1-4-11-35-25(34)23-14(3)29-26(36-23)30-20(15-7-9-17(27)10-8-15)19(22(32)24(30)33)21(31)16-6-5-13(2)18(28)12-16/h4-10,12,20,31H,1,11H2,2-3H3/b21-19+. The van der Waals surface area contributed by atoms with Gasteiger partial charge in [0, 0.05) is 10.6 Å². The van der Waals surface area contributed by atoms with Crippen LogP contribution in [0, 0.1) is 19.7 Å². The fraction of sp³-hybridized carbons (Fsp3) is 0.154. The Bertz CT molecular complexity index is 1430. The number of carbonyl (C=O) groups is 3. The van der Waals surface area contributed by atoms with Gasteiger partial charge in [0.25, 0.3) is 5.78 Å². The van der Waals surface area contributed by atoms with Crippen molar-refractivity contribution in [3.63, 3.8) is 0 Å². The van der Waals surface area contributed by atoms with Crippen molar-refractivity contribution in [3.05, 3.63) is 98.8 Å². The molecule has 3 aromatic rings. The molecule has 184 valence electrons. The SMILES string of the molecule is C=CCOC(=O)c1sc(N2C(=O)C(=O)/C(=C(/O)c3ccc(C)c(F)c3)C2c2ccc(Cl)cc2)nc1C. The van der Waals surface area contributed by atoms with Gasteiger partial charge in [0.15, 0.2) is 5.13 Å². The van der Waals surface area contributed by atoms with Crippen molar-refractivity contribution in [1.82, 2.24) is 4.98 Å². The van der Waals surface area contributed by atoms with Gasteiger partial charge in [-0.25, -0.2) is 14.2 Å². The number of benzene rings is 2. The molecule has 1 aromatic heterocycles. The van der Waals surface area contributed by atoms with E-state index in [1.165, 1.54) is 18.2 Å². The Morgan fingerprint density at radius 3 is 2.58 bits per heavy atom. The number of rotatable bonds is 6. The maximum atomic E-state index is 14.2. The summed E-state index contributed by atoms with van der Waals surface area (Å²) in [4.78, 5) is 44.5. The van der Waals surface area contributed by atoms with Crippen LogP contribution in [-0.2, 0) is 14.3 Å². The predicted octanol–water partition coefficient (Wildman–Crippen LogP) is 5.52. The number of carbonyl (C=O) groups excluding carboxylic acids is 3. The summed E-state index contributed by atoms with van der Waals surface area (Å²) in [5.41, 5.74) is 0.918. The number of esters is 1. The van der Waals surface area contributed by atoms with E-state index in [-0.39, 0.29) is 27.8 Å². The summed E-state index contributed by atoms with van der Waals surface area (Å²) < 4.78 is 19.3. The minimum atomic E-state index is -1.10. The van der Waals surface area contributed by atoms with E-state index in [0.717, 1.165) is 22.3 Å². The molecule has 1 aliphatic heterocycles. The summed E-state index contributed by atoms with van der Waals surface area (Å²) in [7, 11) is 0. The van der Waals surface area contributed by atoms with Crippen molar-refractivity contribution < 1.29 is 28.6 Å². The predicted molar refractivity (Wildman–Crippen MR) is 135 cm³/mol. The summed E-state index contributed by atoms with van der Waals surface area (Å²) in [6, 6.07) is 9.28. The number of aliphatic hydroxyl groups is 1. The van der Waals surface area contributed by atoms with Gasteiger partial charge in [-0.15, -0.1) is 0 Å². The van der Waals surface area contributed by atoms with Crippen LogP contribution < -0.4 is 4.90 Å². The Labute approximate surface area is 215 Å². The maximum Gasteiger partial charge on any atom is 0.350 e. The first-order valence-corrected chi connectivity index (χ1v) is 11.9. The molecule has 36 heavy (non-hydrogen) atoms. The first-order chi connectivity index (χ1) is 17.1. The van der Waals surface area contributed by atoms with Gasteiger partial charge in [0.05, 0.1) is 17.3 Å². The van der Waals surface area contributed by atoms with Gasteiger partial charge >= 0.3 is 11.9 Å². The number of aliphatic hydroxyl groups excluding tert-OH is 1. The third kappa shape index (κ3) is 4.55. The third-order valence-electron chi connectivity index (χ3n) is 5.58. The molecule has 0 spiro atoms. The molecule has 4 rings (SSSR count). The number of halogens is 2. The molecule has 10 heteroatoms. The van der Waals surface area contributed by atoms with Crippen LogP contribution in [0.25, 0.3) is 5.76 Å². The van der Waals surface area contributed by atoms with E-state index in [2.05, 4.69) is 11.6 Å². The largest absolute Gasteiger partial charge is 0.507 e. The first-order valence-electron chi connectivity index (χ1n) is 10.7. The molecule has 0 saturated carbocycles. The number of aromatic nitrogens is 1. The van der Waals surface area contributed by atoms with Crippen molar-refractivity contribution in [2.24, 2.45) is 0 Å². The minimum Gasteiger partial charge on any atom is -0.507 e. The highest BCUT2D eigenvalue weighted by Gasteiger charge is 2.48. The highest BCUT2D eigenvalue weighted by Crippen LogP contribution is 2.44. The number of ether oxygens (including phenoxy) is 1. The molecule has 0 radical (unpaired) electrons. The number of ketones is 1. The van der Waals surface area contributed by atoms with Crippen LogP contribution in [0.3, 0.4) is 0 Å². The molecular weight excluding hydrogens is 507 g/mol.